The van der Waals surface area contributed by atoms with E-state index in [2.05, 4.69) is 15.6 Å². The molecule has 4 aromatic rings. The van der Waals surface area contributed by atoms with E-state index in [1.165, 1.54) is 0 Å². The van der Waals surface area contributed by atoms with Crippen LogP contribution in [0.2, 0.25) is 0 Å². The van der Waals surface area contributed by atoms with Crippen molar-refractivity contribution in [2.24, 2.45) is 0 Å². The summed E-state index contributed by atoms with van der Waals surface area (Å²) in [7, 11) is 0. The van der Waals surface area contributed by atoms with Crippen molar-refractivity contribution in [2.45, 2.75) is 6.10 Å². The fourth-order valence-electron chi connectivity index (χ4n) is 3.10. The van der Waals surface area contributed by atoms with E-state index in [0.717, 1.165) is 22.1 Å². The quantitative estimate of drug-likeness (QED) is 0.391. The number of aliphatic hydroxyl groups excluding tert-OH is 1. The highest BCUT2D eigenvalue weighted by molar-refractivity contribution is 5.88. The van der Waals surface area contributed by atoms with Gasteiger partial charge in [0.25, 0.3) is 5.88 Å². The maximum absolute atomic E-state index is 10.2. The Kier molecular flexibility index (Phi) is 6.54. The first-order valence-electron chi connectivity index (χ1n) is 9.81. The molecular formula is C23H23N3O4. The SMILES string of the molecule is OC(CNCCOc1nonc1-c1ccccc1)COc1cccc2ccccc12. The topological polar surface area (TPSA) is 89.6 Å². The van der Waals surface area contributed by atoms with Gasteiger partial charge in [0.1, 0.15) is 25.1 Å². The van der Waals surface area contributed by atoms with Crippen molar-refractivity contribution in [1.29, 1.82) is 0 Å². The maximum Gasteiger partial charge on any atom is 0.283 e. The molecule has 0 aliphatic carbocycles. The third-order valence-corrected chi connectivity index (χ3v) is 4.58. The smallest absolute Gasteiger partial charge is 0.283 e. The van der Waals surface area contributed by atoms with Crippen LogP contribution in [0.4, 0.5) is 0 Å². The van der Waals surface area contributed by atoms with Crippen LogP contribution in [0.1, 0.15) is 0 Å². The molecule has 2 N–H and O–H groups in total. The van der Waals surface area contributed by atoms with Crippen molar-refractivity contribution in [2.75, 3.05) is 26.3 Å². The van der Waals surface area contributed by atoms with Gasteiger partial charge in [-0.2, -0.15) is 0 Å². The molecule has 0 saturated carbocycles. The molecule has 0 amide bonds. The summed E-state index contributed by atoms with van der Waals surface area (Å²) in [5, 5.41) is 23.2. The zero-order valence-corrected chi connectivity index (χ0v) is 16.4. The van der Waals surface area contributed by atoms with Crippen LogP contribution in [-0.4, -0.2) is 47.8 Å². The Morgan fingerprint density at radius 3 is 2.60 bits per heavy atom. The molecule has 7 nitrogen and oxygen atoms in total. The molecule has 7 heteroatoms. The second-order valence-electron chi connectivity index (χ2n) is 6.78. The predicted octanol–water partition coefficient (Wildman–Crippen LogP) is 3.30. The first-order chi connectivity index (χ1) is 14.8. The number of rotatable bonds is 10. The van der Waals surface area contributed by atoms with E-state index < -0.39 is 6.10 Å². The van der Waals surface area contributed by atoms with E-state index in [4.69, 9.17) is 14.1 Å². The third-order valence-electron chi connectivity index (χ3n) is 4.58. The maximum atomic E-state index is 10.2. The number of hydrogen-bond donors (Lipinski definition) is 2. The number of aliphatic hydroxyl groups is 1. The van der Waals surface area contributed by atoms with Crippen LogP contribution in [0, 0.1) is 0 Å². The van der Waals surface area contributed by atoms with Crippen molar-refractivity contribution in [1.82, 2.24) is 15.6 Å². The second-order valence-corrected chi connectivity index (χ2v) is 6.78. The average Bonchev–Trinajstić information content (AvgIpc) is 3.26. The largest absolute Gasteiger partial charge is 0.490 e. The van der Waals surface area contributed by atoms with Gasteiger partial charge in [0.15, 0.2) is 5.69 Å². The lowest BCUT2D eigenvalue weighted by Gasteiger charge is -2.14. The van der Waals surface area contributed by atoms with Gasteiger partial charge in [0.2, 0.25) is 0 Å². The third kappa shape index (κ3) is 4.94. The van der Waals surface area contributed by atoms with Crippen LogP contribution in [-0.2, 0) is 0 Å². The number of aromatic nitrogens is 2. The van der Waals surface area contributed by atoms with E-state index in [1.54, 1.807) is 0 Å². The van der Waals surface area contributed by atoms with E-state index in [9.17, 15) is 5.11 Å². The van der Waals surface area contributed by atoms with E-state index in [-0.39, 0.29) is 6.61 Å². The summed E-state index contributed by atoms with van der Waals surface area (Å²) < 4.78 is 16.3. The lowest BCUT2D eigenvalue weighted by Crippen LogP contribution is -2.33. The van der Waals surface area contributed by atoms with Gasteiger partial charge in [0, 0.05) is 24.0 Å². The summed E-state index contributed by atoms with van der Waals surface area (Å²) in [6.07, 6.45) is -0.641. The van der Waals surface area contributed by atoms with Crippen molar-refractivity contribution in [3.8, 4) is 22.9 Å². The van der Waals surface area contributed by atoms with Crippen LogP contribution in [0.3, 0.4) is 0 Å². The number of fused-ring (bicyclic) bond motifs is 1. The molecule has 154 valence electrons. The van der Waals surface area contributed by atoms with Gasteiger partial charge in [0.05, 0.1) is 0 Å². The lowest BCUT2D eigenvalue weighted by atomic mass is 10.1. The van der Waals surface area contributed by atoms with Crippen LogP contribution in [0.25, 0.3) is 22.0 Å². The van der Waals surface area contributed by atoms with Gasteiger partial charge in [-0.1, -0.05) is 66.7 Å². The summed E-state index contributed by atoms with van der Waals surface area (Å²) in [5.74, 6) is 1.12. The van der Waals surface area contributed by atoms with Crippen LogP contribution in [0.5, 0.6) is 11.6 Å². The minimum Gasteiger partial charge on any atom is -0.490 e. The van der Waals surface area contributed by atoms with Crippen LogP contribution >= 0.6 is 0 Å². The predicted molar refractivity (Wildman–Crippen MR) is 114 cm³/mol. The number of hydrogen-bond acceptors (Lipinski definition) is 7. The minimum atomic E-state index is -0.641. The highest BCUT2D eigenvalue weighted by atomic mass is 16.6. The summed E-state index contributed by atoms with van der Waals surface area (Å²) in [4.78, 5) is 0. The molecule has 0 bridgehead atoms. The molecular weight excluding hydrogens is 382 g/mol. The Morgan fingerprint density at radius 2 is 1.70 bits per heavy atom. The molecule has 1 aromatic heterocycles. The molecule has 1 heterocycles. The average molecular weight is 405 g/mol. The van der Waals surface area contributed by atoms with Crippen molar-refractivity contribution in [3.63, 3.8) is 0 Å². The summed E-state index contributed by atoms with van der Waals surface area (Å²) in [5.41, 5.74) is 1.45. The monoisotopic (exact) mass is 405 g/mol. The molecule has 0 spiro atoms. The van der Waals surface area contributed by atoms with Gasteiger partial charge >= 0.3 is 0 Å². The van der Waals surface area contributed by atoms with Crippen molar-refractivity contribution >= 4 is 10.8 Å². The van der Waals surface area contributed by atoms with Gasteiger partial charge in [-0.25, -0.2) is 4.63 Å². The Labute approximate surface area is 174 Å². The second kappa shape index (κ2) is 9.87. The van der Waals surface area contributed by atoms with Gasteiger partial charge in [-0.3, -0.25) is 0 Å². The number of nitrogens with zero attached hydrogens (tertiary/aromatic N) is 2. The molecule has 0 aliphatic heterocycles. The van der Waals surface area contributed by atoms with Crippen LogP contribution in [0.15, 0.2) is 77.4 Å². The molecule has 30 heavy (non-hydrogen) atoms. The molecule has 0 saturated heterocycles. The molecule has 3 aromatic carbocycles. The number of benzene rings is 3. The molecule has 0 aliphatic rings. The zero-order chi connectivity index (χ0) is 20.6. The van der Waals surface area contributed by atoms with Crippen molar-refractivity contribution in [3.05, 3.63) is 72.8 Å². The first kappa shape index (κ1) is 19.9. The molecule has 1 atom stereocenters. The Bertz CT molecular complexity index is 1060. The molecule has 1 unspecified atom stereocenters. The molecule has 0 fully saturated rings. The first-order valence-corrected chi connectivity index (χ1v) is 9.81. The van der Waals surface area contributed by atoms with Crippen LogP contribution < -0.4 is 14.8 Å². The Balaban J connectivity index is 1.19. The van der Waals surface area contributed by atoms with Gasteiger partial charge in [-0.15, -0.1) is 0 Å². The summed E-state index contributed by atoms with van der Waals surface area (Å²) in [6, 6.07) is 23.5. The van der Waals surface area contributed by atoms with E-state index >= 15 is 0 Å². The fourth-order valence-corrected chi connectivity index (χ4v) is 3.10. The minimum absolute atomic E-state index is 0.202. The highest BCUT2D eigenvalue weighted by Gasteiger charge is 2.13. The van der Waals surface area contributed by atoms with E-state index in [1.807, 2.05) is 72.8 Å². The normalized spacial score (nSPS) is 12.0. The zero-order valence-electron chi connectivity index (χ0n) is 16.4. The number of nitrogens with one attached hydrogen (secondary N) is 1. The van der Waals surface area contributed by atoms with Crippen molar-refractivity contribution < 1.29 is 19.2 Å². The van der Waals surface area contributed by atoms with Gasteiger partial charge < -0.3 is 19.9 Å². The molecule has 4 rings (SSSR count). The van der Waals surface area contributed by atoms with Gasteiger partial charge in [-0.05, 0) is 21.8 Å². The molecule has 0 radical (unpaired) electrons. The Morgan fingerprint density at radius 1 is 0.900 bits per heavy atom. The number of ether oxygens (including phenoxy) is 2. The Hall–Kier alpha value is -3.42. The lowest BCUT2D eigenvalue weighted by molar-refractivity contribution is 0.106. The fraction of sp³-hybridized carbons (Fsp3) is 0.217. The summed E-state index contributed by atoms with van der Waals surface area (Å²) >= 11 is 0. The standard InChI is InChI=1S/C23H23N3O4/c27-19(16-29-21-12-6-10-17-7-4-5-11-20(17)21)15-24-13-14-28-23-22(25-30-26-23)18-8-2-1-3-9-18/h1-12,19,24,27H,13-16H2. The van der Waals surface area contributed by atoms with E-state index in [0.29, 0.717) is 31.3 Å². The summed E-state index contributed by atoms with van der Waals surface area (Å²) in [6.45, 7) is 1.49. The highest BCUT2D eigenvalue weighted by Crippen LogP contribution is 2.26.